The van der Waals surface area contributed by atoms with Crippen LogP contribution in [0, 0.1) is 5.82 Å². The van der Waals surface area contributed by atoms with Crippen LogP contribution in [0.4, 0.5) is 21.5 Å². The van der Waals surface area contributed by atoms with E-state index in [9.17, 15) is 0 Å². The predicted molar refractivity (Wildman–Crippen MR) is 257 cm³/mol. The number of rotatable bonds is 4. The van der Waals surface area contributed by atoms with Gasteiger partial charge < -0.3 is 4.90 Å². The minimum absolute atomic E-state index is 0.0625. The second kappa shape index (κ2) is 13.0. The first-order valence-electron chi connectivity index (χ1n) is 21.9. The Balaban J connectivity index is 1.03. The van der Waals surface area contributed by atoms with Crippen molar-refractivity contribution in [1.29, 1.82) is 0 Å². The Kier molecular flexibility index (Phi) is 7.71. The zero-order valence-electron chi connectivity index (χ0n) is 35.7. The van der Waals surface area contributed by atoms with Gasteiger partial charge in [0, 0.05) is 22.5 Å². The molecule has 2 heteroatoms. The Morgan fingerprint density at radius 2 is 0.968 bits per heavy atom. The zero-order chi connectivity index (χ0) is 42.1. The lowest BCUT2D eigenvalue weighted by Gasteiger charge is -2.33. The van der Waals surface area contributed by atoms with Gasteiger partial charge in [0.25, 0.3) is 0 Å². The van der Waals surface area contributed by atoms with E-state index in [4.69, 9.17) is 0 Å². The summed E-state index contributed by atoms with van der Waals surface area (Å²) in [7, 11) is 0. The van der Waals surface area contributed by atoms with Crippen molar-refractivity contribution in [2.75, 3.05) is 4.90 Å². The van der Waals surface area contributed by atoms with Crippen LogP contribution in [0.3, 0.4) is 0 Å². The van der Waals surface area contributed by atoms with E-state index < -0.39 is 5.41 Å². The lowest BCUT2D eigenvalue weighted by atomic mass is 9.68. The molecule has 0 bridgehead atoms. The van der Waals surface area contributed by atoms with Crippen molar-refractivity contribution in [1.82, 2.24) is 0 Å². The molecule has 3 aliphatic carbocycles. The van der Waals surface area contributed by atoms with Gasteiger partial charge in [0.15, 0.2) is 0 Å². The third-order valence-corrected chi connectivity index (χ3v) is 14.3. The molecular formula is C60H46FN. The first-order chi connectivity index (χ1) is 30.0. The number of nitrogens with zero attached hydrogens (tertiary/aromatic N) is 1. The molecule has 1 unspecified atom stereocenters. The molecule has 9 aromatic carbocycles. The molecule has 62 heavy (non-hydrogen) atoms. The van der Waals surface area contributed by atoms with Crippen molar-refractivity contribution in [3.63, 3.8) is 0 Å². The van der Waals surface area contributed by atoms with Crippen LogP contribution in [-0.2, 0) is 16.2 Å². The van der Waals surface area contributed by atoms with Crippen molar-refractivity contribution in [2.24, 2.45) is 0 Å². The van der Waals surface area contributed by atoms with Gasteiger partial charge in [-0.25, -0.2) is 4.39 Å². The highest BCUT2D eigenvalue weighted by Crippen LogP contribution is 2.65. The number of halogens is 1. The molecule has 0 heterocycles. The molecule has 298 valence electrons. The van der Waals surface area contributed by atoms with Crippen molar-refractivity contribution in [3.05, 3.63) is 233 Å². The molecule has 0 aromatic heterocycles. The molecule has 0 amide bonds. The van der Waals surface area contributed by atoms with Gasteiger partial charge in [0.2, 0.25) is 0 Å². The van der Waals surface area contributed by atoms with Crippen molar-refractivity contribution >= 4 is 27.8 Å². The van der Waals surface area contributed by atoms with Gasteiger partial charge in [0.05, 0.1) is 5.41 Å². The fourth-order valence-electron chi connectivity index (χ4n) is 11.3. The lowest BCUT2D eigenvalue weighted by Crippen LogP contribution is -2.27. The number of hydrogen-bond donors (Lipinski definition) is 0. The van der Waals surface area contributed by atoms with Crippen LogP contribution in [0.2, 0.25) is 0 Å². The van der Waals surface area contributed by atoms with Gasteiger partial charge in [-0.1, -0.05) is 168 Å². The molecular weight excluding hydrogens is 754 g/mol. The highest BCUT2D eigenvalue weighted by molar-refractivity contribution is 6.00. The Morgan fingerprint density at radius 3 is 1.76 bits per heavy atom. The van der Waals surface area contributed by atoms with E-state index in [1.807, 2.05) is 6.07 Å². The highest BCUT2D eigenvalue weighted by Gasteiger charge is 2.53. The Labute approximate surface area is 363 Å². The largest absolute Gasteiger partial charge is 0.310 e. The molecule has 1 atom stereocenters. The average Bonchev–Trinajstić information content (AvgIpc) is 3.84. The summed E-state index contributed by atoms with van der Waals surface area (Å²) in [6.45, 7) is 11.5. The summed E-state index contributed by atoms with van der Waals surface area (Å²) in [6.07, 6.45) is 0. The molecule has 0 N–H and O–H groups in total. The molecule has 0 saturated heterocycles. The maximum absolute atomic E-state index is 15.7. The molecule has 12 rings (SSSR count). The first kappa shape index (κ1) is 36.8. The van der Waals surface area contributed by atoms with Gasteiger partial charge >= 0.3 is 0 Å². The molecule has 0 radical (unpaired) electrons. The molecule has 1 nitrogen and oxygen atoms in total. The van der Waals surface area contributed by atoms with Gasteiger partial charge in [-0.3, -0.25) is 0 Å². The maximum Gasteiger partial charge on any atom is 0.123 e. The minimum Gasteiger partial charge on any atom is -0.310 e. The second-order valence-electron chi connectivity index (χ2n) is 19.0. The van der Waals surface area contributed by atoms with E-state index in [2.05, 4.69) is 209 Å². The summed E-state index contributed by atoms with van der Waals surface area (Å²) >= 11 is 0. The van der Waals surface area contributed by atoms with Crippen LogP contribution in [0.1, 0.15) is 73.6 Å². The molecule has 9 aromatic rings. The molecule has 0 aliphatic heterocycles. The molecule has 1 spiro atoms. The van der Waals surface area contributed by atoms with E-state index in [0.29, 0.717) is 0 Å². The van der Waals surface area contributed by atoms with Gasteiger partial charge in [-0.05, 0) is 154 Å². The van der Waals surface area contributed by atoms with Crippen LogP contribution < -0.4 is 4.90 Å². The van der Waals surface area contributed by atoms with Crippen LogP contribution in [0.15, 0.2) is 188 Å². The second-order valence-corrected chi connectivity index (χ2v) is 19.0. The van der Waals surface area contributed by atoms with E-state index >= 15 is 4.39 Å². The SMILES string of the molecule is CC(C)(C)c1ccc2c(c1)C1(c3cc(F)ccc3-2)c2ccccc2-c2cccc(-c3ccc4cc(N(c5ccccc5)c5ccc6c(c5)C(C)(C)c5ccccc5-6)ccc4c3)c21. The van der Waals surface area contributed by atoms with Crippen LogP contribution in [0.25, 0.3) is 55.3 Å². The monoisotopic (exact) mass is 799 g/mol. The average molecular weight is 800 g/mol. The number of para-hydroxylation sites is 1. The number of fused-ring (bicyclic) bond motifs is 14. The summed E-state index contributed by atoms with van der Waals surface area (Å²) in [6, 6.07) is 68.2. The van der Waals surface area contributed by atoms with E-state index in [1.165, 1.54) is 77.5 Å². The predicted octanol–water partition coefficient (Wildman–Crippen LogP) is 16.1. The standard InChI is InChI=1S/C60H46FN/c1-58(2,3)40-25-29-49-50-30-26-41(61)35-56(50)60(55(49)34-40)53-21-12-10-17-47(53)51-19-13-18-45(57(51)60)39-23-22-38-33-43(27-24-37(38)32-39)62(42-14-7-6-8-15-42)44-28-31-48-46-16-9-11-20-52(46)59(4,5)54(48)36-44/h6-36H,1-5H3. The maximum atomic E-state index is 15.7. The number of anilines is 3. The fraction of sp³-hybridized carbons (Fsp3) is 0.133. The Hall–Kier alpha value is -7.03. The van der Waals surface area contributed by atoms with E-state index in [-0.39, 0.29) is 16.6 Å². The summed E-state index contributed by atoms with van der Waals surface area (Å²) in [4.78, 5) is 2.39. The third-order valence-electron chi connectivity index (χ3n) is 14.3. The van der Waals surface area contributed by atoms with Crippen molar-refractivity contribution in [3.8, 4) is 44.5 Å². The van der Waals surface area contributed by atoms with E-state index in [0.717, 1.165) is 33.8 Å². The third kappa shape index (κ3) is 5.07. The van der Waals surface area contributed by atoms with Crippen LogP contribution >= 0.6 is 0 Å². The minimum atomic E-state index is -0.683. The Bertz CT molecular complexity index is 3330. The fourth-order valence-corrected chi connectivity index (χ4v) is 11.3. The summed E-state index contributed by atoms with van der Waals surface area (Å²) < 4.78 is 15.7. The van der Waals surface area contributed by atoms with Gasteiger partial charge in [-0.2, -0.15) is 0 Å². The van der Waals surface area contributed by atoms with Gasteiger partial charge in [0.1, 0.15) is 5.82 Å². The highest BCUT2D eigenvalue weighted by atomic mass is 19.1. The van der Waals surface area contributed by atoms with Crippen LogP contribution in [-0.4, -0.2) is 0 Å². The topological polar surface area (TPSA) is 3.24 Å². The first-order valence-corrected chi connectivity index (χ1v) is 21.9. The van der Waals surface area contributed by atoms with Crippen molar-refractivity contribution in [2.45, 2.75) is 50.9 Å². The zero-order valence-corrected chi connectivity index (χ0v) is 35.7. The lowest BCUT2D eigenvalue weighted by molar-refractivity contribution is 0.588. The molecule has 0 saturated carbocycles. The Morgan fingerprint density at radius 1 is 0.403 bits per heavy atom. The summed E-state index contributed by atoms with van der Waals surface area (Å²) in [5.41, 5.74) is 20.8. The smallest absolute Gasteiger partial charge is 0.123 e. The van der Waals surface area contributed by atoms with E-state index in [1.54, 1.807) is 12.1 Å². The van der Waals surface area contributed by atoms with Crippen LogP contribution in [0.5, 0.6) is 0 Å². The summed E-state index contributed by atoms with van der Waals surface area (Å²) in [5.74, 6) is -0.213. The number of hydrogen-bond acceptors (Lipinski definition) is 1. The molecule has 0 fully saturated rings. The summed E-state index contributed by atoms with van der Waals surface area (Å²) in [5, 5.41) is 2.33. The quantitative estimate of drug-likeness (QED) is 0.171. The van der Waals surface area contributed by atoms with Crippen molar-refractivity contribution < 1.29 is 4.39 Å². The van der Waals surface area contributed by atoms with Gasteiger partial charge in [-0.15, -0.1) is 0 Å². The number of benzene rings is 9. The normalized spacial score (nSPS) is 16.1. The molecule has 3 aliphatic rings.